The summed E-state index contributed by atoms with van der Waals surface area (Å²) < 4.78 is 0. The molecular formula is C27H37N3O4. The van der Waals surface area contributed by atoms with Gasteiger partial charge in [0.25, 0.3) is 0 Å². The van der Waals surface area contributed by atoms with Crippen molar-refractivity contribution in [3.05, 3.63) is 47.5 Å². The quantitative estimate of drug-likeness (QED) is 0.422. The minimum Gasteiger partial charge on any atom is -0.352 e. The maximum absolute atomic E-state index is 13.5. The number of hydrogen-bond donors (Lipinski definition) is 1. The Balaban J connectivity index is 1.76. The maximum Gasteiger partial charge on any atom is 0.243 e. The van der Waals surface area contributed by atoms with Crippen LogP contribution in [0.4, 0.5) is 0 Å². The highest BCUT2D eigenvalue weighted by Crippen LogP contribution is 2.35. The number of aryl methyl sites for hydroxylation is 1. The number of allylic oxidation sites excluding steroid dienone is 2. The Morgan fingerprint density at radius 2 is 1.74 bits per heavy atom. The van der Waals surface area contributed by atoms with E-state index in [1.54, 1.807) is 4.90 Å². The summed E-state index contributed by atoms with van der Waals surface area (Å²) in [7, 11) is 0. The van der Waals surface area contributed by atoms with Crippen LogP contribution in [0.15, 0.2) is 36.4 Å². The van der Waals surface area contributed by atoms with Crippen LogP contribution >= 0.6 is 0 Å². The number of amides is 4. The lowest BCUT2D eigenvalue weighted by Crippen LogP contribution is -2.51. The maximum atomic E-state index is 13.5. The van der Waals surface area contributed by atoms with E-state index >= 15 is 0 Å². The van der Waals surface area contributed by atoms with E-state index in [1.165, 1.54) is 4.90 Å². The number of rotatable bonds is 10. The molecule has 0 saturated carbocycles. The topological polar surface area (TPSA) is 86.8 Å². The molecule has 184 valence electrons. The van der Waals surface area contributed by atoms with Crippen molar-refractivity contribution in [2.24, 2.45) is 11.8 Å². The Morgan fingerprint density at radius 3 is 2.29 bits per heavy atom. The highest BCUT2D eigenvalue weighted by atomic mass is 16.2. The molecule has 1 aliphatic heterocycles. The van der Waals surface area contributed by atoms with Crippen molar-refractivity contribution in [2.75, 3.05) is 6.54 Å². The molecule has 4 amide bonds. The molecule has 1 saturated heterocycles. The number of nitrogens with zero attached hydrogens (tertiary/aromatic N) is 2. The van der Waals surface area contributed by atoms with Crippen molar-refractivity contribution in [3.8, 4) is 0 Å². The van der Waals surface area contributed by atoms with Gasteiger partial charge in [0.05, 0.1) is 11.8 Å². The van der Waals surface area contributed by atoms with E-state index in [0.717, 1.165) is 17.5 Å². The van der Waals surface area contributed by atoms with E-state index < -0.39 is 6.04 Å². The Hall–Kier alpha value is -2.96. The van der Waals surface area contributed by atoms with Crippen LogP contribution in [0.5, 0.6) is 0 Å². The van der Waals surface area contributed by atoms with Crippen molar-refractivity contribution >= 4 is 23.6 Å². The normalized spacial score (nSPS) is 21.2. The predicted molar refractivity (Wildman–Crippen MR) is 130 cm³/mol. The molecule has 0 spiro atoms. The molecule has 0 radical (unpaired) electrons. The van der Waals surface area contributed by atoms with Gasteiger partial charge in [-0.05, 0) is 45.1 Å². The molecule has 2 aliphatic rings. The Kier molecular flexibility index (Phi) is 8.64. The van der Waals surface area contributed by atoms with Crippen LogP contribution in [0.25, 0.3) is 0 Å². The standard InChI is InChI=1S/C27H37N3O4/c1-5-19(4)28-25(32)23(6-2)30(17-20-11-9-10-18(3)16-20)24(31)14-15-29-26(33)21-12-7-8-13-22(21)27(29)34/h7-11,16,19,21-23H,5-6,12-15,17H2,1-4H3,(H,28,32)/t19-,21-,22+,23-/m1/s1. The first-order chi connectivity index (χ1) is 16.3. The van der Waals surface area contributed by atoms with E-state index in [1.807, 2.05) is 64.1 Å². The average Bonchev–Trinajstić information content (AvgIpc) is 3.07. The summed E-state index contributed by atoms with van der Waals surface area (Å²) in [5, 5.41) is 3.00. The van der Waals surface area contributed by atoms with Crippen LogP contribution in [0.2, 0.25) is 0 Å². The highest BCUT2D eigenvalue weighted by Gasteiger charge is 2.47. The number of nitrogens with one attached hydrogen (secondary N) is 1. The van der Waals surface area contributed by atoms with Crippen LogP contribution in [0, 0.1) is 18.8 Å². The molecule has 1 aliphatic carbocycles. The van der Waals surface area contributed by atoms with Crippen molar-refractivity contribution in [2.45, 2.75) is 78.4 Å². The molecule has 1 aromatic carbocycles. The molecule has 4 atom stereocenters. The molecule has 0 aromatic heterocycles. The molecule has 7 heteroatoms. The lowest BCUT2D eigenvalue weighted by atomic mass is 9.85. The number of fused-ring (bicyclic) bond motifs is 1. The largest absolute Gasteiger partial charge is 0.352 e. The SMILES string of the molecule is CC[C@@H](C)NC(=O)[C@@H](CC)N(Cc1cccc(C)c1)C(=O)CCN1C(=O)[C@H]2CC=CC[C@H]2C1=O. The number of carbonyl (C=O) groups excluding carboxylic acids is 4. The lowest BCUT2D eigenvalue weighted by molar-refractivity contribution is -0.144. The minimum absolute atomic E-state index is 0.00325. The summed E-state index contributed by atoms with van der Waals surface area (Å²) in [6.45, 7) is 8.17. The fraction of sp³-hybridized carbons (Fsp3) is 0.556. The number of benzene rings is 1. The van der Waals surface area contributed by atoms with E-state index in [2.05, 4.69) is 5.32 Å². The van der Waals surface area contributed by atoms with Gasteiger partial charge < -0.3 is 10.2 Å². The van der Waals surface area contributed by atoms with Gasteiger partial charge in [0.2, 0.25) is 23.6 Å². The molecule has 1 fully saturated rings. The third-order valence-corrected chi connectivity index (χ3v) is 6.97. The van der Waals surface area contributed by atoms with Crippen LogP contribution < -0.4 is 5.32 Å². The summed E-state index contributed by atoms with van der Waals surface area (Å²) >= 11 is 0. The summed E-state index contributed by atoms with van der Waals surface area (Å²) in [6.07, 6.45) is 6.32. The van der Waals surface area contributed by atoms with Crippen molar-refractivity contribution < 1.29 is 19.2 Å². The molecule has 7 nitrogen and oxygen atoms in total. The summed E-state index contributed by atoms with van der Waals surface area (Å²) in [6, 6.07) is 7.25. The molecule has 1 N–H and O–H groups in total. The van der Waals surface area contributed by atoms with Crippen LogP contribution in [0.3, 0.4) is 0 Å². The van der Waals surface area contributed by atoms with E-state index in [9.17, 15) is 19.2 Å². The van der Waals surface area contributed by atoms with E-state index in [4.69, 9.17) is 0 Å². The van der Waals surface area contributed by atoms with Gasteiger partial charge in [-0.3, -0.25) is 24.1 Å². The van der Waals surface area contributed by atoms with Crippen LogP contribution in [-0.4, -0.2) is 52.1 Å². The van der Waals surface area contributed by atoms with Gasteiger partial charge in [-0.25, -0.2) is 0 Å². The molecular weight excluding hydrogens is 430 g/mol. The first-order valence-corrected chi connectivity index (χ1v) is 12.4. The molecule has 0 bridgehead atoms. The van der Waals surface area contributed by atoms with Gasteiger partial charge >= 0.3 is 0 Å². The van der Waals surface area contributed by atoms with E-state index in [0.29, 0.717) is 25.8 Å². The third kappa shape index (κ3) is 5.75. The molecule has 34 heavy (non-hydrogen) atoms. The van der Waals surface area contributed by atoms with Gasteiger partial charge in [-0.15, -0.1) is 0 Å². The van der Waals surface area contributed by atoms with E-state index in [-0.39, 0.29) is 54.5 Å². The zero-order chi connectivity index (χ0) is 24.8. The number of carbonyl (C=O) groups is 4. The zero-order valence-corrected chi connectivity index (χ0v) is 20.8. The monoisotopic (exact) mass is 467 g/mol. The Morgan fingerprint density at radius 1 is 1.09 bits per heavy atom. The zero-order valence-electron chi connectivity index (χ0n) is 20.8. The molecule has 1 heterocycles. The van der Waals surface area contributed by atoms with Gasteiger partial charge in [0, 0.05) is 25.6 Å². The summed E-state index contributed by atoms with van der Waals surface area (Å²) in [4.78, 5) is 55.0. The number of imide groups is 1. The summed E-state index contributed by atoms with van der Waals surface area (Å²) in [5.74, 6) is -1.39. The van der Waals surface area contributed by atoms with Crippen molar-refractivity contribution in [3.63, 3.8) is 0 Å². The molecule has 1 aromatic rings. The van der Waals surface area contributed by atoms with Crippen LogP contribution in [-0.2, 0) is 25.7 Å². The number of likely N-dealkylation sites (tertiary alicyclic amines) is 1. The predicted octanol–water partition coefficient (Wildman–Crippen LogP) is 3.36. The van der Waals surface area contributed by atoms with Crippen molar-refractivity contribution in [1.82, 2.24) is 15.1 Å². The Bertz CT molecular complexity index is 931. The summed E-state index contributed by atoms with van der Waals surface area (Å²) in [5.41, 5.74) is 2.01. The smallest absolute Gasteiger partial charge is 0.243 e. The second-order valence-corrected chi connectivity index (χ2v) is 9.49. The molecule has 3 rings (SSSR count). The fourth-order valence-electron chi connectivity index (χ4n) is 4.81. The third-order valence-electron chi connectivity index (χ3n) is 6.97. The van der Waals surface area contributed by atoms with Crippen LogP contribution in [0.1, 0.15) is 64.0 Å². The van der Waals surface area contributed by atoms with Crippen molar-refractivity contribution in [1.29, 1.82) is 0 Å². The first-order valence-electron chi connectivity index (χ1n) is 12.4. The molecule has 0 unspecified atom stereocenters. The minimum atomic E-state index is -0.626. The Labute approximate surface area is 202 Å². The van der Waals surface area contributed by atoms with Gasteiger partial charge in [-0.1, -0.05) is 55.8 Å². The van der Waals surface area contributed by atoms with Gasteiger partial charge in [-0.2, -0.15) is 0 Å². The van der Waals surface area contributed by atoms with Gasteiger partial charge in [0.15, 0.2) is 0 Å². The lowest BCUT2D eigenvalue weighted by Gasteiger charge is -2.32. The average molecular weight is 468 g/mol. The first kappa shape index (κ1) is 25.7. The van der Waals surface area contributed by atoms with Gasteiger partial charge in [0.1, 0.15) is 6.04 Å². The second-order valence-electron chi connectivity index (χ2n) is 9.49. The second kappa shape index (κ2) is 11.4. The number of hydrogen-bond acceptors (Lipinski definition) is 4. The fourth-order valence-corrected chi connectivity index (χ4v) is 4.81. The highest BCUT2D eigenvalue weighted by molar-refractivity contribution is 6.05.